The first kappa shape index (κ1) is 21.5. The summed E-state index contributed by atoms with van der Waals surface area (Å²) in [4.78, 5) is 16.6. The van der Waals surface area contributed by atoms with Crippen molar-refractivity contribution in [1.29, 1.82) is 0 Å². The molecule has 0 spiro atoms. The molecule has 0 saturated heterocycles. The molecule has 0 aliphatic rings. The van der Waals surface area contributed by atoms with Crippen LogP contribution in [0.15, 0.2) is 97.6 Å². The predicted octanol–water partition coefficient (Wildman–Crippen LogP) is 4.31. The highest BCUT2D eigenvalue weighted by atomic mass is 16.2. The Balaban J connectivity index is 1.06. The van der Waals surface area contributed by atoms with Gasteiger partial charge in [0, 0.05) is 25.8 Å². The van der Waals surface area contributed by atoms with Crippen molar-refractivity contribution < 1.29 is 4.79 Å². The molecule has 170 valence electrons. The lowest BCUT2D eigenvalue weighted by Gasteiger charge is -2.09. The quantitative estimate of drug-likeness (QED) is 0.370. The van der Waals surface area contributed by atoms with Crippen LogP contribution >= 0.6 is 0 Å². The number of carbonyl (C=O) groups excluding carboxylic acids is 1. The van der Waals surface area contributed by atoms with E-state index in [1.54, 1.807) is 0 Å². The van der Waals surface area contributed by atoms with Gasteiger partial charge >= 0.3 is 6.03 Å². The minimum absolute atomic E-state index is 0.176. The molecule has 0 aliphatic carbocycles. The molecule has 0 bridgehead atoms. The zero-order valence-electron chi connectivity index (χ0n) is 18.8. The van der Waals surface area contributed by atoms with E-state index in [1.165, 1.54) is 5.56 Å². The van der Waals surface area contributed by atoms with Crippen LogP contribution in [0.1, 0.15) is 16.7 Å². The number of nitrogens with zero attached hydrogens (tertiary/aromatic N) is 4. The van der Waals surface area contributed by atoms with E-state index < -0.39 is 0 Å². The first-order chi connectivity index (χ1) is 16.7. The monoisotopic (exact) mass is 450 g/mol. The number of nitrogens with one attached hydrogen (secondary N) is 2. The summed E-state index contributed by atoms with van der Waals surface area (Å²) in [5.74, 6) is 0. The Bertz CT molecular complexity index is 1370. The van der Waals surface area contributed by atoms with E-state index in [0.717, 1.165) is 40.8 Å². The molecule has 5 rings (SSSR count). The van der Waals surface area contributed by atoms with Gasteiger partial charge in [-0.05, 0) is 47.4 Å². The molecule has 7 nitrogen and oxygen atoms in total. The Morgan fingerprint density at radius 2 is 1.59 bits per heavy atom. The van der Waals surface area contributed by atoms with Gasteiger partial charge in [-0.15, -0.1) is 0 Å². The number of fused-ring (bicyclic) bond motifs is 1. The first-order valence-electron chi connectivity index (χ1n) is 11.3. The van der Waals surface area contributed by atoms with Crippen molar-refractivity contribution in [3.05, 3.63) is 114 Å². The molecule has 34 heavy (non-hydrogen) atoms. The summed E-state index contributed by atoms with van der Waals surface area (Å²) < 4.78 is 3.98. The molecule has 0 atom stereocenters. The largest absolute Gasteiger partial charge is 0.338 e. The van der Waals surface area contributed by atoms with Crippen molar-refractivity contribution in [1.82, 2.24) is 30.0 Å². The number of imidazole rings is 1. The average molecular weight is 451 g/mol. The summed E-state index contributed by atoms with van der Waals surface area (Å²) in [5.41, 5.74) is 6.46. The lowest BCUT2D eigenvalue weighted by atomic mass is 10.1. The molecule has 2 N–H and O–H groups in total. The molecule has 5 aromatic rings. The summed E-state index contributed by atoms with van der Waals surface area (Å²) in [6.45, 7) is 1.78. The van der Waals surface area contributed by atoms with Crippen molar-refractivity contribution in [2.45, 2.75) is 19.5 Å². The van der Waals surface area contributed by atoms with Crippen LogP contribution in [-0.2, 0) is 19.5 Å². The van der Waals surface area contributed by atoms with Gasteiger partial charge in [0.2, 0.25) is 0 Å². The normalized spacial score (nSPS) is 10.9. The highest BCUT2D eigenvalue weighted by molar-refractivity contribution is 5.75. The van der Waals surface area contributed by atoms with Gasteiger partial charge in [0.1, 0.15) is 0 Å². The maximum Gasteiger partial charge on any atom is 0.315 e. The minimum atomic E-state index is -0.176. The van der Waals surface area contributed by atoms with Crippen molar-refractivity contribution >= 4 is 17.1 Å². The second-order valence-corrected chi connectivity index (χ2v) is 8.17. The van der Waals surface area contributed by atoms with E-state index in [4.69, 9.17) is 0 Å². The van der Waals surface area contributed by atoms with E-state index in [0.29, 0.717) is 13.1 Å². The molecular formula is C27H26N6O. The van der Waals surface area contributed by atoms with E-state index >= 15 is 0 Å². The molecule has 0 unspecified atom stereocenters. The Kier molecular flexibility index (Phi) is 6.34. The number of hydrogen-bond acceptors (Lipinski definition) is 3. The van der Waals surface area contributed by atoms with Crippen molar-refractivity contribution in [3.63, 3.8) is 0 Å². The molecule has 0 aliphatic heterocycles. The van der Waals surface area contributed by atoms with Crippen LogP contribution in [0.2, 0.25) is 0 Å². The molecule has 7 heteroatoms. The molecule has 2 heterocycles. The van der Waals surface area contributed by atoms with Gasteiger partial charge in [-0.1, -0.05) is 54.6 Å². The third-order valence-electron chi connectivity index (χ3n) is 5.71. The van der Waals surface area contributed by atoms with E-state index in [2.05, 4.69) is 43.5 Å². The summed E-state index contributed by atoms with van der Waals surface area (Å²) >= 11 is 0. The second-order valence-electron chi connectivity index (χ2n) is 8.17. The van der Waals surface area contributed by atoms with Gasteiger partial charge in [0.15, 0.2) is 0 Å². The fourth-order valence-corrected chi connectivity index (χ4v) is 3.87. The molecular weight excluding hydrogens is 424 g/mol. The maximum absolute atomic E-state index is 12.2. The van der Waals surface area contributed by atoms with Gasteiger partial charge in [-0.2, -0.15) is 5.10 Å². The highest BCUT2D eigenvalue weighted by Gasteiger charge is 2.05. The molecule has 2 aromatic heterocycles. The molecule has 0 fully saturated rings. The molecule has 0 radical (unpaired) electrons. The fraction of sp³-hybridized carbons (Fsp3) is 0.148. The van der Waals surface area contributed by atoms with Gasteiger partial charge in [-0.3, -0.25) is 0 Å². The number of amides is 2. The fourth-order valence-electron chi connectivity index (χ4n) is 3.87. The summed E-state index contributed by atoms with van der Waals surface area (Å²) in [7, 11) is 0. The smallest absolute Gasteiger partial charge is 0.315 e. The summed E-state index contributed by atoms with van der Waals surface area (Å²) in [5, 5.41) is 10.2. The third kappa shape index (κ3) is 5.15. The average Bonchev–Trinajstić information content (AvgIpc) is 3.52. The zero-order chi connectivity index (χ0) is 23.2. The summed E-state index contributed by atoms with van der Waals surface area (Å²) in [6.07, 6.45) is 6.42. The van der Waals surface area contributed by atoms with Crippen LogP contribution in [0.25, 0.3) is 16.7 Å². The maximum atomic E-state index is 12.2. The molecule has 0 saturated carbocycles. The lowest BCUT2D eigenvalue weighted by Crippen LogP contribution is -2.36. The minimum Gasteiger partial charge on any atom is -0.338 e. The third-order valence-corrected chi connectivity index (χ3v) is 5.71. The van der Waals surface area contributed by atoms with Crippen LogP contribution in [0.5, 0.6) is 0 Å². The Morgan fingerprint density at radius 3 is 2.44 bits per heavy atom. The topological polar surface area (TPSA) is 76.8 Å². The molecule has 3 aromatic carbocycles. The van der Waals surface area contributed by atoms with Gasteiger partial charge in [0.05, 0.1) is 29.2 Å². The Morgan fingerprint density at radius 1 is 0.824 bits per heavy atom. The molecule has 2 amide bonds. The zero-order valence-corrected chi connectivity index (χ0v) is 18.8. The number of rotatable bonds is 8. The highest BCUT2D eigenvalue weighted by Crippen LogP contribution is 2.14. The Hall–Kier alpha value is -4.39. The number of carbonyl (C=O) groups is 1. The number of urea groups is 1. The van der Waals surface area contributed by atoms with E-state index in [9.17, 15) is 4.79 Å². The van der Waals surface area contributed by atoms with Gasteiger partial charge < -0.3 is 15.2 Å². The van der Waals surface area contributed by atoms with E-state index in [1.807, 2.05) is 84.1 Å². The van der Waals surface area contributed by atoms with Crippen LogP contribution in [0.3, 0.4) is 0 Å². The SMILES string of the molecule is O=C(NCCc1cnn(-c2ccccc2)c1)NCc1ccc(Cn2cnc3ccccc32)cc1. The second kappa shape index (κ2) is 10.0. The van der Waals surface area contributed by atoms with Crippen molar-refractivity contribution in [2.75, 3.05) is 6.54 Å². The predicted molar refractivity (Wildman–Crippen MR) is 133 cm³/mol. The number of aromatic nitrogens is 4. The Labute approximate surface area is 198 Å². The van der Waals surface area contributed by atoms with Crippen LogP contribution in [0.4, 0.5) is 4.79 Å². The van der Waals surface area contributed by atoms with Crippen LogP contribution < -0.4 is 10.6 Å². The van der Waals surface area contributed by atoms with E-state index in [-0.39, 0.29) is 6.03 Å². The number of hydrogen-bond donors (Lipinski definition) is 2. The number of para-hydroxylation sites is 3. The van der Waals surface area contributed by atoms with Crippen molar-refractivity contribution in [2.24, 2.45) is 0 Å². The lowest BCUT2D eigenvalue weighted by molar-refractivity contribution is 0.240. The van der Waals surface area contributed by atoms with Gasteiger partial charge in [0.25, 0.3) is 0 Å². The van der Waals surface area contributed by atoms with Gasteiger partial charge in [-0.25, -0.2) is 14.5 Å². The van der Waals surface area contributed by atoms with Crippen LogP contribution in [0, 0.1) is 0 Å². The first-order valence-corrected chi connectivity index (χ1v) is 11.3. The summed E-state index contributed by atoms with van der Waals surface area (Å²) in [6, 6.07) is 26.2. The standard InChI is InChI=1S/C27H26N6O/c34-27(28-15-14-23-17-31-33(19-23)24-6-2-1-3-7-24)29-16-21-10-12-22(13-11-21)18-32-20-30-25-8-4-5-9-26(25)32/h1-13,17,19-20H,14-16,18H2,(H2,28,29,34). The van der Waals surface area contributed by atoms with Crippen molar-refractivity contribution in [3.8, 4) is 5.69 Å². The van der Waals surface area contributed by atoms with Crippen LogP contribution in [-0.4, -0.2) is 31.9 Å². The number of benzene rings is 3.